The van der Waals surface area contributed by atoms with Gasteiger partial charge in [0.15, 0.2) is 0 Å². The van der Waals surface area contributed by atoms with E-state index in [-0.39, 0.29) is 12.5 Å². The van der Waals surface area contributed by atoms with Crippen molar-refractivity contribution in [2.45, 2.75) is 31.7 Å². The van der Waals surface area contributed by atoms with Gasteiger partial charge in [-0.05, 0) is 19.3 Å². The maximum Gasteiger partial charge on any atom is 0.308 e. The molecule has 102 valence electrons. The van der Waals surface area contributed by atoms with Crippen molar-refractivity contribution >= 4 is 11.9 Å². The molecule has 19 heavy (non-hydrogen) atoms. The molecule has 2 fully saturated rings. The third-order valence-electron chi connectivity index (χ3n) is 3.74. The molecule has 1 N–H and O–H groups in total. The first kappa shape index (κ1) is 12.1. The lowest BCUT2D eigenvalue weighted by Crippen LogP contribution is -2.33. The van der Waals surface area contributed by atoms with Gasteiger partial charge in [-0.2, -0.15) is 0 Å². The van der Waals surface area contributed by atoms with Crippen LogP contribution in [0.5, 0.6) is 0 Å². The summed E-state index contributed by atoms with van der Waals surface area (Å²) < 4.78 is 1.55. The SMILES string of the molecule is O=C(O)[C@H]1CCN(C(=O)Cn2cc(C3CC3)nn2)C1. The van der Waals surface area contributed by atoms with Crippen LogP contribution in [0.4, 0.5) is 0 Å². The quantitative estimate of drug-likeness (QED) is 0.832. The first-order valence-corrected chi connectivity index (χ1v) is 6.54. The summed E-state index contributed by atoms with van der Waals surface area (Å²) in [4.78, 5) is 24.5. The highest BCUT2D eigenvalue weighted by molar-refractivity contribution is 5.78. The van der Waals surface area contributed by atoms with Crippen molar-refractivity contribution < 1.29 is 14.7 Å². The van der Waals surface area contributed by atoms with Crippen LogP contribution in [0.1, 0.15) is 30.9 Å². The zero-order chi connectivity index (χ0) is 13.4. The summed E-state index contributed by atoms with van der Waals surface area (Å²) in [6, 6.07) is 0. The van der Waals surface area contributed by atoms with Gasteiger partial charge in [-0.3, -0.25) is 9.59 Å². The Labute approximate surface area is 110 Å². The number of carboxylic acid groups (broad SMARTS) is 1. The Hall–Kier alpha value is -1.92. The molecule has 1 aromatic rings. The number of carbonyl (C=O) groups is 2. The van der Waals surface area contributed by atoms with Crippen LogP contribution in [0.15, 0.2) is 6.20 Å². The number of amides is 1. The Kier molecular flexibility index (Phi) is 2.96. The normalized spacial score (nSPS) is 22.7. The highest BCUT2D eigenvalue weighted by Gasteiger charge is 2.31. The molecular formula is C12H16N4O3. The molecule has 0 spiro atoms. The summed E-state index contributed by atoms with van der Waals surface area (Å²) in [7, 11) is 0. The largest absolute Gasteiger partial charge is 0.481 e. The molecule has 3 rings (SSSR count). The molecule has 0 unspecified atom stereocenters. The Balaban J connectivity index is 1.57. The summed E-state index contributed by atoms with van der Waals surface area (Å²) in [6.45, 7) is 0.963. The summed E-state index contributed by atoms with van der Waals surface area (Å²) >= 11 is 0. The molecule has 1 aliphatic heterocycles. The lowest BCUT2D eigenvalue weighted by Gasteiger charge is -2.15. The molecule has 1 saturated heterocycles. The minimum Gasteiger partial charge on any atom is -0.481 e. The number of likely N-dealkylation sites (tertiary alicyclic amines) is 1. The Morgan fingerprint density at radius 2 is 2.16 bits per heavy atom. The van der Waals surface area contributed by atoms with Crippen LogP contribution in [0.25, 0.3) is 0 Å². The van der Waals surface area contributed by atoms with Crippen LogP contribution in [-0.4, -0.2) is 50.0 Å². The number of hydrogen-bond donors (Lipinski definition) is 1. The Morgan fingerprint density at radius 1 is 1.37 bits per heavy atom. The summed E-state index contributed by atoms with van der Waals surface area (Å²) in [6.07, 6.45) is 4.66. The predicted molar refractivity (Wildman–Crippen MR) is 64.3 cm³/mol. The fourth-order valence-electron chi connectivity index (χ4n) is 2.38. The topological polar surface area (TPSA) is 88.3 Å². The van der Waals surface area contributed by atoms with E-state index in [4.69, 9.17) is 5.11 Å². The van der Waals surface area contributed by atoms with Crippen molar-refractivity contribution in [3.05, 3.63) is 11.9 Å². The van der Waals surface area contributed by atoms with Gasteiger partial charge in [-0.1, -0.05) is 5.21 Å². The third kappa shape index (κ3) is 2.59. The van der Waals surface area contributed by atoms with Crippen molar-refractivity contribution in [1.82, 2.24) is 19.9 Å². The van der Waals surface area contributed by atoms with Gasteiger partial charge in [0.05, 0.1) is 11.6 Å². The van der Waals surface area contributed by atoms with Crippen molar-refractivity contribution in [3.8, 4) is 0 Å². The van der Waals surface area contributed by atoms with Crippen molar-refractivity contribution in [1.29, 1.82) is 0 Å². The van der Waals surface area contributed by atoms with E-state index in [0.717, 1.165) is 18.5 Å². The Bertz CT molecular complexity index is 509. The minimum atomic E-state index is -0.827. The van der Waals surface area contributed by atoms with E-state index in [1.54, 1.807) is 9.58 Å². The fraction of sp³-hybridized carbons (Fsp3) is 0.667. The van der Waals surface area contributed by atoms with Crippen LogP contribution in [-0.2, 0) is 16.1 Å². The van der Waals surface area contributed by atoms with Gasteiger partial charge < -0.3 is 10.0 Å². The van der Waals surface area contributed by atoms with Gasteiger partial charge in [-0.15, -0.1) is 5.10 Å². The molecule has 1 amide bonds. The molecule has 1 atom stereocenters. The molecule has 2 heterocycles. The van der Waals surface area contributed by atoms with Gasteiger partial charge in [0.2, 0.25) is 5.91 Å². The molecule has 7 nitrogen and oxygen atoms in total. The number of rotatable bonds is 4. The monoisotopic (exact) mass is 264 g/mol. The molecule has 1 saturated carbocycles. The first-order chi connectivity index (χ1) is 9.13. The van der Waals surface area contributed by atoms with Gasteiger partial charge in [0.1, 0.15) is 6.54 Å². The zero-order valence-electron chi connectivity index (χ0n) is 10.5. The zero-order valence-corrected chi connectivity index (χ0v) is 10.5. The molecule has 0 radical (unpaired) electrons. The molecular weight excluding hydrogens is 248 g/mol. The molecule has 1 aromatic heterocycles. The highest BCUT2D eigenvalue weighted by Crippen LogP contribution is 2.38. The number of aromatic nitrogens is 3. The maximum atomic E-state index is 12.0. The van der Waals surface area contributed by atoms with Crippen LogP contribution < -0.4 is 0 Å². The number of nitrogens with zero attached hydrogens (tertiary/aromatic N) is 4. The molecule has 7 heteroatoms. The lowest BCUT2D eigenvalue weighted by molar-refractivity contribution is -0.141. The summed E-state index contributed by atoms with van der Waals surface area (Å²) in [5.74, 6) is -0.822. The van der Waals surface area contributed by atoms with E-state index >= 15 is 0 Å². The second-order valence-electron chi connectivity index (χ2n) is 5.28. The molecule has 0 bridgehead atoms. The first-order valence-electron chi connectivity index (χ1n) is 6.54. The van der Waals surface area contributed by atoms with E-state index in [2.05, 4.69) is 10.3 Å². The molecule has 0 aromatic carbocycles. The summed E-state index contributed by atoms with van der Waals surface area (Å²) in [5, 5.41) is 16.9. The lowest BCUT2D eigenvalue weighted by atomic mass is 10.1. The summed E-state index contributed by atoms with van der Waals surface area (Å²) in [5.41, 5.74) is 0.956. The molecule has 1 aliphatic carbocycles. The van der Waals surface area contributed by atoms with Crippen molar-refractivity contribution in [3.63, 3.8) is 0 Å². The fourth-order valence-corrected chi connectivity index (χ4v) is 2.38. The predicted octanol–water partition coefficient (Wildman–Crippen LogP) is 0.0886. The number of aliphatic carboxylic acids is 1. The minimum absolute atomic E-state index is 0.0870. The van der Waals surface area contributed by atoms with E-state index in [0.29, 0.717) is 25.4 Å². The Morgan fingerprint density at radius 3 is 2.79 bits per heavy atom. The van der Waals surface area contributed by atoms with E-state index < -0.39 is 11.9 Å². The maximum absolute atomic E-state index is 12.0. The second kappa shape index (κ2) is 4.64. The van der Waals surface area contributed by atoms with Crippen LogP contribution in [0, 0.1) is 5.92 Å². The average Bonchev–Trinajstić information content (AvgIpc) is 2.92. The highest BCUT2D eigenvalue weighted by atomic mass is 16.4. The van der Waals surface area contributed by atoms with Gasteiger partial charge in [0.25, 0.3) is 0 Å². The average molecular weight is 264 g/mol. The van der Waals surface area contributed by atoms with Crippen LogP contribution in [0.2, 0.25) is 0 Å². The smallest absolute Gasteiger partial charge is 0.308 e. The van der Waals surface area contributed by atoms with E-state index in [1.807, 2.05) is 6.20 Å². The number of carbonyl (C=O) groups excluding carboxylic acids is 1. The third-order valence-corrected chi connectivity index (χ3v) is 3.74. The van der Waals surface area contributed by atoms with Gasteiger partial charge in [-0.25, -0.2) is 4.68 Å². The van der Waals surface area contributed by atoms with Crippen LogP contribution >= 0.6 is 0 Å². The number of carboxylic acids is 1. The number of hydrogen-bond acceptors (Lipinski definition) is 4. The van der Waals surface area contributed by atoms with Crippen LogP contribution in [0.3, 0.4) is 0 Å². The van der Waals surface area contributed by atoms with Crippen molar-refractivity contribution in [2.24, 2.45) is 5.92 Å². The van der Waals surface area contributed by atoms with E-state index in [1.165, 1.54) is 0 Å². The van der Waals surface area contributed by atoms with E-state index in [9.17, 15) is 9.59 Å². The van der Waals surface area contributed by atoms with Gasteiger partial charge in [0, 0.05) is 25.2 Å². The van der Waals surface area contributed by atoms with Crippen molar-refractivity contribution in [2.75, 3.05) is 13.1 Å². The standard InChI is InChI=1S/C12H16N4O3/c17-11(15-4-3-9(5-15)12(18)19)7-16-6-10(13-14-16)8-1-2-8/h6,8-9H,1-5,7H2,(H,18,19)/t9-/m0/s1. The van der Waals surface area contributed by atoms with Gasteiger partial charge >= 0.3 is 5.97 Å². The second-order valence-corrected chi connectivity index (χ2v) is 5.28. The molecule has 2 aliphatic rings.